The summed E-state index contributed by atoms with van der Waals surface area (Å²) in [6.07, 6.45) is 1.29. The maximum Gasteiger partial charge on any atom is 0.283 e. The van der Waals surface area contributed by atoms with Crippen LogP contribution in [0.2, 0.25) is 0 Å². The molecule has 0 saturated carbocycles. The second-order valence-corrected chi connectivity index (χ2v) is 10.4. The standard InChI is InChI=1S/C23H27BrN2O7S/c1-31-19-6-8-20(9-7-19)34(29,30)26(10-12-27)11-13-32-22-15-17(14-21(33-22)23(25)28)16-2-4-18(24)5-3-16/h2-9,14,17,22,27H,10-13,15H2,1H3,(H2,25,28)/t17-,22+/m1/s1. The number of sulfonamides is 1. The van der Waals surface area contributed by atoms with E-state index in [4.69, 9.17) is 19.9 Å². The van der Waals surface area contributed by atoms with Crippen LogP contribution >= 0.6 is 15.9 Å². The average Bonchev–Trinajstić information content (AvgIpc) is 2.83. The first-order chi connectivity index (χ1) is 16.2. The lowest BCUT2D eigenvalue weighted by Crippen LogP contribution is -2.38. The lowest BCUT2D eigenvalue weighted by atomic mass is 9.93. The van der Waals surface area contributed by atoms with E-state index in [2.05, 4.69) is 15.9 Å². The van der Waals surface area contributed by atoms with E-state index in [1.165, 1.54) is 19.2 Å². The molecule has 0 fully saturated rings. The third-order valence-corrected chi connectivity index (χ3v) is 7.73. The van der Waals surface area contributed by atoms with Crippen molar-refractivity contribution in [2.75, 3.05) is 33.4 Å². The summed E-state index contributed by atoms with van der Waals surface area (Å²) in [6, 6.07) is 13.6. The number of allylic oxidation sites excluding steroid dienone is 1. The SMILES string of the molecule is COc1ccc(S(=O)(=O)N(CCO)CCO[C@@H]2C[C@H](c3ccc(Br)cc3)C=C(C(N)=O)O2)cc1. The van der Waals surface area contributed by atoms with Crippen LogP contribution in [-0.2, 0) is 24.3 Å². The number of benzene rings is 2. The van der Waals surface area contributed by atoms with Crippen LogP contribution in [0.4, 0.5) is 0 Å². The molecule has 1 aliphatic heterocycles. The van der Waals surface area contributed by atoms with Gasteiger partial charge in [-0.15, -0.1) is 0 Å². The number of methoxy groups -OCH3 is 1. The third kappa shape index (κ3) is 6.57. The normalized spacial score (nSPS) is 18.3. The van der Waals surface area contributed by atoms with Crippen molar-refractivity contribution in [2.45, 2.75) is 23.5 Å². The number of carbonyl (C=O) groups excluding carboxylic acids is 1. The number of ether oxygens (including phenoxy) is 3. The van der Waals surface area contributed by atoms with Crippen molar-refractivity contribution >= 4 is 31.9 Å². The van der Waals surface area contributed by atoms with Crippen LogP contribution in [0.25, 0.3) is 0 Å². The zero-order chi connectivity index (χ0) is 24.7. The number of nitrogens with zero attached hydrogens (tertiary/aromatic N) is 1. The minimum atomic E-state index is -3.87. The summed E-state index contributed by atoms with van der Waals surface area (Å²) in [4.78, 5) is 11.8. The molecule has 0 aliphatic carbocycles. The predicted octanol–water partition coefficient (Wildman–Crippen LogP) is 2.36. The van der Waals surface area contributed by atoms with Crippen LogP contribution in [-0.4, -0.2) is 63.4 Å². The molecule has 0 unspecified atom stereocenters. The van der Waals surface area contributed by atoms with E-state index in [1.807, 2.05) is 24.3 Å². The summed E-state index contributed by atoms with van der Waals surface area (Å²) < 4.78 is 44.6. The summed E-state index contributed by atoms with van der Waals surface area (Å²) >= 11 is 3.40. The molecule has 1 heterocycles. The number of aliphatic hydroxyl groups excluding tert-OH is 1. The average molecular weight is 555 g/mol. The minimum Gasteiger partial charge on any atom is -0.497 e. The largest absolute Gasteiger partial charge is 0.497 e. The van der Waals surface area contributed by atoms with Gasteiger partial charge < -0.3 is 25.1 Å². The first kappa shape index (κ1) is 26.2. The van der Waals surface area contributed by atoms with E-state index < -0.39 is 22.2 Å². The fraction of sp³-hybridized carbons (Fsp3) is 0.348. The summed E-state index contributed by atoms with van der Waals surface area (Å²) in [7, 11) is -2.37. The lowest BCUT2D eigenvalue weighted by Gasteiger charge is -2.29. The maximum atomic E-state index is 13.0. The van der Waals surface area contributed by atoms with E-state index in [-0.39, 0.29) is 42.9 Å². The van der Waals surface area contributed by atoms with E-state index in [0.717, 1.165) is 14.3 Å². The van der Waals surface area contributed by atoms with E-state index >= 15 is 0 Å². The Bertz CT molecular complexity index is 1110. The van der Waals surface area contributed by atoms with Crippen molar-refractivity contribution in [2.24, 2.45) is 5.73 Å². The number of aliphatic hydroxyl groups is 1. The van der Waals surface area contributed by atoms with Crippen molar-refractivity contribution in [3.8, 4) is 5.75 Å². The van der Waals surface area contributed by atoms with Gasteiger partial charge >= 0.3 is 0 Å². The van der Waals surface area contributed by atoms with Crippen molar-refractivity contribution in [1.29, 1.82) is 0 Å². The fourth-order valence-corrected chi connectivity index (χ4v) is 5.20. The van der Waals surface area contributed by atoms with Gasteiger partial charge in [0.2, 0.25) is 16.3 Å². The highest BCUT2D eigenvalue weighted by Gasteiger charge is 2.29. The van der Waals surface area contributed by atoms with Crippen LogP contribution in [0, 0.1) is 0 Å². The Kier molecular flexibility index (Phi) is 9.09. The highest BCUT2D eigenvalue weighted by molar-refractivity contribution is 9.10. The van der Waals surface area contributed by atoms with Crippen molar-refractivity contribution < 1.29 is 32.5 Å². The van der Waals surface area contributed by atoms with Gasteiger partial charge in [0.05, 0.1) is 25.2 Å². The number of rotatable bonds is 11. The predicted molar refractivity (Wildman–Crippen MR) is 128 cm³/mol. The molecule has 3 rings (SSSR count). The first-order valence-corrected chi connectivity index (χ1v) is 12.8. The molecule has 2 aromatic rings. The molecule has 0 radical (unpaired) electrons. The molecule has 9 nitrogen and oxygen atoms in total. The third-order valence-electron chi connectivity index (χ3n) is 5.29. The molecule has 0 aromatic heterocycles. The van der Waals surface area contributed by atoms with Crippen molar-refractivity contribution in [3.05, 3.63) is 70.4 Å². The molecular weight excluding hydrogens is 528 g/mol. The van der Waals surface area contributed by atoms with E-state index in [1.54, 1.807) is 18.2 Å². The zero-order valence-corrected chi connectivity index (χ0v) is 21.0. The summed E-state index contributed by atoms with van der Waals surface area (Å²) in [6.45, 7) is -0.487. The van der Waals surface area contributed by atoms with Crippen LogP contribution < -0.4 is 10.5 Å². The Labute approximate surface area is 207 Å². The Morgan fingerprint density at radius 3 is 2.44 bits per heavy atom. The lowest BCUT2D eigenvalue weighted by molar-refractivity contribution is -0.144. The number of halogens is 1. The first-order valence-electron chi connectivity index (χ1n) is 10.5. The van der Waals surface area contributed by atoms with Crippen LogP contribution in [0.3, 0.4) is 0 Å². The van der Waals surface area contributed by atoms with Gasteiger partial charge in [-0.25, -0.2) is 8.42 Å². The van der Waals surface area contributed by atoms with Gasteiger partial charge in [-0.3, -0.25) is 4.79 Å². The Morgan fingerprint density at radius 2 is 1.85 bits per heavy atom. The van der Waals surface area contributed by atoms with Gasteiger partial charge in [0.25, 0.3) is 5.91 Å². The molecule has 0 spiro atoms. The van der Waals surface area contributed by atoms with E-state index in [9.17, 15) is 18.3 Å². The summed E-state index contributed by atoms with van der Waals surface area (Å²) in [5.74, 6) is -0.336. The number of amides is 1. The quantitative estimate of drug-likeness (QED) is 0.436. The van der Waals surface area contributed by atoms with Gasteiger partial charge in [-0.2, -0.15) is 4.31 Å². The van der Waals surface area contributed by atoms with Gasteiger partial charge in [0, 0.05) is 29.9 Å². The van der Waals surface area contributed by atoms with Gasteiger partial charge in [0.15, 0.2) is 5.76 Å². The van der Waals surface area contributed by atoms with Crippen LogP contribution in [0.15, 0.2) is 69.7 Å². The van der Waals surface area contributed by atoms with Gasteiger partial charge in [0.1, 0.15) is 5.75 Å². The Morgan fingerprint density at radius 1 is 1.18 bits per heavy atom. The molecule has 2 aromatic carbocycles. The monoisotopic (exact) mass is 554 g/mol. The van der Waals surface area contributed by atoms with Crippen molar-refractivity contribution in [3.63, 3.8) is 0 Å². The number of hydrogen-bond acceptors (Lipinski definition) is 7. The van der Waals surface area contributed by atoms with Crippen LogP contribution in [0.1, 0.15) is 17.9 Å². The maximum absolute atomic E-state index is 13.0. The van der Waals surface area contributed by atoms with Crippen molar-refractivity contribution in [1.82, 2.24) is 4.31 Å². The van der Waals surface area contributed by atoms with Gasteiger partial charge in [-0.1, -0.05) is 28.1 Å². The number of nitrogens with two attached hydrogens (primary N) is 1. The molecule has 11 heteroatoms. The number of hydrogen-bond donors (Lipinski definition) is 2. The highest BCUT2D eigenvalue weighted by atomic mass is 79.9. The second kappa shape index (κ2) is 11.8. The molecule has 0 bridgehead atoms. The smallest absolute Gasteiger partial charge is 0.283 e. The summed E-state index contributed by atoms with van der Waals surface area (Å²) in [5.41, 5.74) is 6.39. The minimum absolute atomic E-state index is 0.00207. The second-order valence-electron chi connectivity index (χ2n) is 7.51. The van der Waals surface area contributed by atoms with Gasteiger partial charge in [-0.05, 0) is 48.0 Å². The fourth-order valence-electron chi connectivity index (χ4n) is 3.52. The number of carbonyl (C=O) groups is 1. The molecular formula is C23H27BrN2O7S. The highest BCUT2D eigenvalue weighted by Crippen LogP contribution is 2.32. The van der Waals surface area contributed by atoms with E-state index in [0.29, 0.717) is 12.2 Å². The Hall–Kier alpha value is -2.44. The topological polar surface area (TPSA) is 128 Å². The number of primary amides is 1. The molecule has 2 atom stereocenters. The van der Waals surface area contributed by atoms with Crippen LogP contribution in [0.5, 0.6) is 5.75 Å². The molecule has 34 heavy (non-hydrogen) atoms. The molecule has 0 saturated heterocycles. The molecule has 1 amide bonds. The molecule has 1 aliphatic rings. The Balaban J connectivity index is 1.67. The molecule has 184 valence electrons. The molecule has 3 N–H and O–H groups in total. The summed E-state index contributed by atoms with van der Waals surface area (Å²) in [5, 5.41) is 9.40. The zero-order valence-electron chi connectivity index (χ0n) is 18.6.